The van der Waals surface area contributed by atoms with Gasteiger partial charge in [0.1, 0.15) is 0 Å². The molecule has 0 aliphatic heterocycles. The largest absolute Gasteiger partial charge is 0.459 e. The Morgan fingerprint density at radius 3 is 2.33 bits per heavy atom. The number of hydrogen-bond donors (Lipinski definition) is 1. The van der Waals surface area contributed by atoms with Gasteiger partial charge in [0.05, 0.1) is 6.26 Å². The van der Waals surface area contributed by atoms with Crippen LogP contribution in [0.15, 0.2) is 76.1 Å². The van der Waals surface area contributed by atoms with E-state index in [9.17, 15) is 9.59 Å². The first-order valence-electron chi connectivity index (χ1n) is 7.65. The van der Waals surface area contributed by atoms with Gasteiger partial charge in [0, 0.05) is 18.2 Å². The number of nitrogens with one attached hydrogen (secondary N) is 1. The van der Waals surface area contributed by atoms with E-state index in [0.717, 1.165) is 16.7 Å². The van der Waals surface area contributed by atoms with Crippen LogP contribution < -0.4 is 10.7 Å². The van der Waals surface area contributed by atoms with Crippen molar-refractivity contribution in [2.24, 2.45) is 0 Å². The highest BCUT2D eigenvalue weighted by molar-refractivity contribution is 5.91. The second-order valence-corrected chi connectivity index (χ2v) is 5.54. The molecule has 4 nitrogen and oxygen atoms in total. The van der Waals surface area contributed by atoms with Crippen LogP contribution in [0.5, 0.6) is 0 Å². The van der Waals surface area contributed by atoms with Crippen LogP contribution in [0.4, 0.5) is 0 Å². The molecule has 2 aromatic carbocycles. The molecule has 0 atom stereocenters. The number of benzene rings is 2. The maximum absolute atomic E-state index is 12.0. The Morgan fingerprint density at radius 2 is 1.67 bits per heavy atom. The molecular weight excluding hydrogens is 302 g/mol. The molecule has 24 heavy (non-hydrogen) atoms. The number of hydrogen-bond acceptors (Lipinski definition) is 3. The minimum Gasteiger partial charge on any atom is -0.459 e. The summed E-state index contributed by atoms with van der Waals surface area (Å²) in [6, 6.07) is 19.3. The van der Waals surface area contributed by atoms with Crippen molar-refractivity contribution in [3.8, 4) is 11.1 Å². The van der Waals surface area contributed by atoms with Gasteiger partial charge in [-0.2, -0.15) is 0 Å². The van der Waals surface area contributed by atoms with E-state index in [1.54, 1.807) is 6.92 Å². The van der Waals surface area contributed by atoms with Gasteiger partial charge in [-0.05, 0) is 23.6 Å². The summed E-state index contributed by atoms with van der Waals surface area (Å²) in [5, 5.41) is 2.75. The van der Waals surface area contributed by atoms with Crippen molar-refractivity contribution in [3.05, 3.63) is 94.0 Å². The van der Waals surface area contributed by atoms with Crippen molar-refractivity contribution >= 4 is 5.91 Å². The number of carbonyl (C=O) groups excluding carboxylic acids is 1. The molecule has 0 fully saturated rings. The first-order chi connectivity index (χ1) is 11.6. The Bertz CT molecular complexity index is 896. The minimum atomic E-state index is -0.403. The quantitative estimate of drug-likeness (QED) is 0.800. The summed E-state index contributed by atoms with van der Waals surface area (Å²) < 4.78 is 5.15. The van der Waals surface area contributed by atoms with E-state index >= 15 is 0 Å². The molecule has 0 aliphatic carbocycles. The van der Waals surface area contributed by atoms with Crippen molar-refractivity contribution < 1.29 is 9.21 Å². The summed E-state index contributed by atoms with van der Waals surface area (Å²) >= 11 is 0. The number of rotatable bonds is 4. The summed E-state index contributed by atoms with van der Waals surface area (Å²) in [5.74, 6) is -0.384. The van der Waals surface area contributed by atoms with Crippen LogP contribution in [0.25, 0.3) is 11.1 Å². The highest BCUT2D eigenvalue weighted by Gasteiger charge is 2.09. The van der Waals surface area contributed by atoms with Crippen LogP contribution in [-0.2, 0) is 6.54 Å². The maximum Gasteiger partial charge on any atom is 0.287 e. The minimum absolute atomic E-state index is 0.0199. The average Bonchev–Trinajstić information content (AvgIpc) is 2.63. The zero-order valence-electron chi connectivity index (χ0n) is 13.3. The average molecular weight is 319 g/mol. The molecule has 1 aromatic heterocycles. The van der Waals surface area contributed by atoms with E-state index in [2.05, 4.69) is 17.4 Å². The van der Waals surface area contributed by atoms with E-state index in [1.807, 2.05) is 42.5 Å². The van der Waals surface area contributed by atoms with Gasteiger partial charge in [0.15, 0.2) is 11.2 Å². The third kappa shape index (κ3) is 3.60. The van der Waals surface area contributed by atoms with Crippen LogP contribution in [0.1, 0.15) is 21.7 Å². The molecule has 1 N–H and O–H groups in total. The molecule has 120 valence electrons. The van der Waals surface area contributed by atoms with Crippen molar-refractivity contribution in [2.45, 2.75) is 13.5 Å². The molecule has 0 radical (unpaired) electrons. The molecule has 3 aromatic rings. The van der Waals surface area contributed by atoms with Crippen LogP contribution >= 0.6 is 0 Å². The zero-order valence-corrected chi connectivity index (χ0v) is 13.3. The lowest BCUT2D eigenvalue weighted by atomic mass is 10.0. The summed E-state index contributed by atoms with van der Waals surface area (Å²) in [6.45, 7) is 2.01. The van der Waals surface area contributed by atoms with Crippen LogP contribution in [0, 0.1) is 6.92 Å². The monoisotopic (exact) mass is 319 g/mol. The summed E-state index contributed by atoms with van der Waals surface area (Å²) in [7, 11) is 0. The van der Waals surface area contributed by atoms with Gasteiger partial charge in [0.25, 0.3) is 5.91 Å². The summed E-state index contributed by atoms with van der Waals surface area (Å²) in [6.07, 6.45) is 1.30. The topological polar surface area (TPSA) is 59.3 Å². The Morgan fingerprint density at radius 1 is 1.00 bits per heavy atom. The molecule has 4 heteroatoms. The van der Waals surface area contributed by atoms with E-state index in [-0.39, 0.29) is 11.2 Å². The smallest absolute Gasteiger partial charge is 0.287 e. The lowest BCUT2D eigenvalue weighted by Crippen LogP contribution is -2.24. The molecule has 1 amide bonds. The number of carbonyl (C=O) groups is 1. The van der Waals surface area contributed by atoms with Crippen molar-refractivity contribution in [1.29, 1.82) is 0 Å². The lowest BCUT2D eigenvalue weighted by Gasteiger charge is -2.06. The third-order valence-corrected chi connectivity index (χ3v) is 3.75. The van der Waals surface area contributed by atoms with Gasteiger partial charge in [-0.1, -0.05) is 54.6 Å². The Hall–Kier alpha value is -3.14. The van der Waals surface area contributed by atoms with E-state index in [1.165, 1.54) is 12.3 Å². The molecule has 0 aliphatic rings. The fourth-order valence-corrected chi connectivity index (χ4v) is 2.31. The van der Waals surface area contributed by atoms with E-state index < -0.39 is 5.91 Å². The van der Waals surface area contributed by atoms with Gasteiger partial charge in [0.2, 0.25) is 0 Å². The highest BCUT2D eigenvalue weighted by atomic mass is 16.3. The molecule has 0 spiro atoms. The Labute approximate surface area is 139 Å². The predicted octanol–water partition coefficient (Wildman–Crippen LogP) is 3.55. The first kappa shape index (κ1) is 15.7. The Kier molecular flexibility index (Phi) is 4.57. The predicted molar refractivity (Wildman–Crippen MR) is 92.8 cm³/mol. The van der Waals surface area contributed by atoms with Gasteiger partial charge < -0.3 is 9.73 Å². The molecule has 0 saturated carbocycles. The Balaban J connectivity index is 1.65. The van der Waals surface area contributed by atoms with Crippen molar-refractivity contribution in [3.63, 3.8) is 0 Å². The highest BCUT2D eigenvalue weighted by Crippen LogP contribution is 2.19. The summed E-state index contributed by atoms with van der Waals surface area (Å²) in [4.78, 5) is 23.6. The first-order valence-corrected chi connectivity index (χ1v) is 7.65. The van der Waals surface area contributed by atoms with Crippen molar-refractivity contribution in [2.75, 3.05) is 0 Å². The van der Waals surface area contributed by atoms with E-state index in [4.69, 9.17) is 4.42 Å². The molecule has 0 unspecified atom stereocenters. The molecule has 3 rings (SSSR count). The maximum atomic E-state index is 12.0. The van der Waals surface area contributed by atoms with E-state index in [0.29, 0.717) is 12.1 Å². The van der Waals surface area contributed by atoms with Gasteiger partial charge in [-0.15, -0.1) is 0 Å². The summed E-state index contributed by atoms with van der Waals surface area (Å²) in [5.41, 5.74) is 3.50. The van der Waals surface area contributed by atoms with Crippen molar-refractivity contribution in [1.82, 2.24) is 5.32 Å². The van der Waals surface area contributed by atoms with Crippen LogP contribution in [-0.4, -0.2) is 5.91 Å². The standard InChI is InChI=1S/C20H17NO3/c1-14-13-24-19(11-18(14)22)20(23)21-12-15-7-9-17(10-8-15)16-5-3-2-4-6-16/h2-11,13H,12H2,1H3,(H,21,23). The number of aryl methyl sites for hydroxylation is 1. The molecule has 0 saturated heterocycles. The fourth-order valence-electron chi connectivity index (χ4n) is 2.31. The normalized spacial score (nSPS) is 10.4. The molecular formula is C20H17NO3. The molecule has 0 bridgehead atoms. The lowest BCUT2D eigenvalue weighted by molar-refractivity contribution is 0.0920. The van der Waals surface area contributed by atoms with Gasteiger partial charge >= 0.3 is 0 Å². The van der Waals surface area contributed by atoms with Crippen LogP contribution in [0.3, 0.4) is 0 Å². The van der Waals surface area contributed by atoms with Gasteiger partial charge in [-0.3, -0.25) is 9.59 Å². The third-order valence-electron chi connectivity index (χ3n) is 3.75. The zero-order chi connectivity index (χ0) is 16.9. The van der Waals surface area contributed by atoms with Gasteiger partial charge in [-0.25, -0.2) is 0 Å². The SMILES string of the molecule is Cc1coc(C(=O)NCc2ccc(-c3ccccc3)cc2)cc1=O. The second-order valence-electron chi connectivity index (χ2n) is 5.54. The molecule has 1 heterocycles. The second kappa shape index (κ2) is 6.96. The number of amides is 1. The fraction of sp³-hybridized carbons (Fsp3) is 0.100. The van der Waals surface area contributed by atoms with Crippen LogP contribution in [0.2, 0.25) is 0 Å².